The van der Waals surface area contributed by atoms with Crippen LogP contribution in [0.15, 0.2) is 28.7 Å². The molecule has 0 aliphatic rings. The molecule has 0 aliphatic carbocycles. The molecule has 1 heterocycles. The third-order valence-corrected chi connectivity index (χ3v) is 1.87. The van der Waals surface area contributed by atoms with E-state index < -0.39 is 6.36 Å². The van der Waals surface area contributed by atoms with Crippen LogP contribution in [0.2, 0.25) is 0 Å². The van der Waals surface area contributed by atoms with Gasteiger partial charge in [0, 0.05) is 0 Å². The Kier molecular flexibility index (Phi) is 2.10. The normalized spacial score (nSPS) is 12.0. The van der Waals surface area contributed by atoms with Crippen LogP contribution in [0.3, 0.4) is 0 Å². The maximum Gasteiger partial charge on any atom is 0.573 e. The Bertz CT molecular complexity index is 485. The van der Waals surface area contributed by atoms with Crippen LogP contribution in [-0.2, 0) is 0 Å². The minimum atomic E-state index is -4.68. The summed E-state index contributed by atoms with van der Waals surface area (Å²) in [6.07, 6.45) is -4.68. The summed E-state index contributed by atoms with van der Waals surface area (Å²) in [4.78, 5) is 0. The van der Waals surface area contributed by atoms with Crippen LogP contribution < -0.4 is 4.74 Å². The van der Waals surface area contributed by atoms with Crippen LogP contribution in [0.1, 0.15) is 5.76 Å². The van der Waals surface area contributed by atoms with Gasteiger partial charge in [0.25, 0.3) is 0 Å². The molecule has 0 unspecified atom stereocenters. The van der Waals surface area contributed by atoms with Crippen LogP contribution in [0, 0.1) is 6.92 Å². The van der Waals surface area contributed by atoms with E-state index in [1.54, 1.807) is 13.0 Å². The highest BCUT2D eigenvalue weighted by Crippen LogP contribution is 2.32. The smallest absolute Gasteiger partial charge is 0.461 e. The fourth-order valence-corrected chi connectivity index (χ4v) is 1.37. The highest BCUT2D eigenvalue weighted by atomic mass is 19.4. The molecule has 1 aromatic carbocycles. The summed E-state index contributed by atoms with van der Waals surface area (Å²) in [6.45, 7) is 1.66. The first-order valence-corrected chi connectivity index (χ1v) is 4.20. The lowest BCUT2D eigenvalue weighted by atomic mass is 10.2. The Labute approximate surface area is 83.2 Å². The molecule has 0 radical (unpaired) electrons. The van der Waals surface area contributed by atoms with Gasteiger partial charge in [-0.05, 0) is 25.1 Å². The second kappa shape index (κ2) is 3.18. The predicted molar refractivity (Wildman–Crippen MR) is 47.6 cm³/mol. The van der Waals surface area contributed by atoms with Crippen molar-refractivity contribution < 1.29 is 22.3 Å². The molecule has 0 atom stereocenters. The van der Waals surface area contributed by atoms with E-state index in [0.717, 1.165) is 0 Å². The van der Waals surface area contributed by atoms with Gasteiger partial charge in [-0.3, -0.25) is 0 Å². The lowest BCUT2D eigenvalue weighted by molar-refractivity contribution is -0.274. The van der Waals surface area contributed by atoms with E-state index in [1.165, 1.54) is 18.2 Å². The number of halogens is 3. The lowest BCUT2D eigenvalue weighted by Gasteiger charge is -2.08. The largest absolute Gasteiger partial charge is 0.573 e. The minimum absolute atomic E-state index is 0.239. The Morgan fingerprint density at radius 2 is 2.00 bits per heavy atom. The molecule has 0 spiro atoms. The Morgan fingerprint density at radius 1 is 1.27 bits per heavy atom. The van der Waals surface area contributed by atoms with E-state index in [2.05, 4.69) is 4.74 Å². The van der Waals surface area contributed by atoms with Gasteiger partial charge in [-0.1, -0.05) is 6.07 Å². The minimum Gasteiger partial charge on any atom is -0.461 e. The lowest BCUT2D eigenvalue weighted by Crippen LogP contribution is -2.17. The number of rotatable bonds is 1. The van der Waals surface area contributed by atoms with Crippen molar-refractivity contribution in [1.82, 2.24) is 0 Å². The fourth-order valence-electron chi connectivity index (χ4n) is 1.37. The molecule has 2 nitrogen and oxygen atoms in total. The summed E-state index contributed by atoms with van der Waals surface area (Å²) in [5, 5.41) is 0.326. The summed E-state index contributed by atoms with van der Waals surface area (Å²) in [5.74, 6) is 0.306. The molecule has 0 aliphatic heterocycles. The second-order valence-corrected chi connectivity index (χ2v) is 3.07. The molecular formula is C10H7F3O2. The topological polar surface area (TPSA) is 22.4 Å². The molecule has 2 rings (SSSR count). The number of benzene rings is 1. The van der Waals surface area contributed by atoms with E-state index in [0.29, 0.717) is 16.7 Å². The monoisotopic (exact) mass is 216 g/mol. The number of hydrogen-bond acceptors (Lipinski definition) is 2. The van der Waals surface area contributed by atoms with Gasteiger partial charge in [0.2, 0.25) is 0 Å². The van der Waals surface area contributed by atoms with Crippen LogP contribution in [-0.4, -0.2) is 6.36 Å². The average molecular weight is 216 g/mol. The highest BCUT2D eigenvalue weighted by molar-refractivity contribution is 5.84. The molecule has 1 aromatic heterocycles. The van der Waals surface area contributed by atoms with Gasteiger partial charge in [-0.25, -0.2) is 0 Å². The number of aryl methyl sites for hydroxylation is 1. The van der Waals surface area contributed by atoms with Gasteiger partial charge < -0.3 is 9.15 Å². The average Bonchev–Trinajstić information content (AvgIpc) is 2.43. The van der Waals surface area contributed by atoms with Crippen molar-refractivity contribution in [2.45, 2.75) is 13.3 Å². The number of fused-ring (bicyclic) bond motifs is 1. The van der Waals surface area contributed by atoms with Crippen molar-refractivity contribution >= 4 is 11.0 Å². The zero-order valence-electron chi connectivity index (χ0n) is 7.76. The molecule has 5 heteroatoms. The molecule has 0 bridgehead atoms. The Balaban J connectivity index is 2.51. The molecule has 0 fully saturated rings. The van der Waals surface area contributed by atoms with Gasteiger partial charge in [0.1, 0.15) is 17.1 Å². The number of ether oxygens (including phenoxy) is 1. The van der Waals surface area contributed by atoms with Crippen molar-refractivity contribution in [1.29, 1.82) is 0 Å². The molecule has 0 saturated heterocycles. The van der Waals surface area contributed by atoms with Gasteiger partial charge in [-0.2, -0.15) is 0 Å². The first-order valence-electron chi connectivity index (χ1n) is 4.20. The molecule has 0 N–H and O–H groups in total. The number of furan rings is 1. The summed E-state index contributed by atoms with van der Waals surface area (Å²) in [6, 6.07) is 5.80. The van der Waals surface area contributed by atoms with Crippen molar-refractivity contribution in [2.75, 3.05) is 0 Å². The fraction of sp³-hybridized carbons (Fsp3) is 0.200. The third-order valence-electron chi connectivity index (χ3n) is 1.87. The molecule has 15 heavy (non-hydrogen) atoms. The van der Waals surface area contributed by atoms with Gasteiger partial charge in [0.05, 0.1) is 5.39 Å². The molecule has 0 amide bonds. The summed E-state index contributed by atoms with van der Waals surface area (Å²) >= 11 is 0. The van der Waals surface area contributed by atoms with E-state index in [9.17, 15) is 13.2 Å². The van der Waals surface area contributed by atoms with Crippen LogP contribution in [0.25, 0.3) is 11.0 Å². The Morgan fingerprint density at radius 3 is 2.67 bits per heavy atom. The summed E-state index contributed by atoms with van der Waals surface area (Å²) in [7, 11) is 0. The van der Waals surface area contributed by atoms with Crippen molar-refractivity contribution in [2.24, 2.45) is 0 Å². The van der Waals surface area contributed by atoms with Crippen molar-refractivity contribution in [3.63, 3.8) is 0 Å². The summed E-state index contributed by atoms with van der Waals surface area (Å²) < 4.78 is 45.1. The number of alkyl halides is 3. The van der Waals surface area contributed by atoms with Crippen molar-refractivity contribution in [3.8, 4) is 5.75 Å². The number of hydrogen-bond donors (Lipinski definition) is 0. The highest BCUT2D eigenvalue weighted by Gasteiger charge is 2.32. The standard InChI is InChI=1S/C10H7F3O2/c1-6-5-7-8(14-6)3-2-4-9(7)15-10(11,12)13/h2-5H,1H3. The molecular weight excluding hydrogens is 209 g/mol. The Hall–Kier alpha value is -1.65. The predicted octanol–water partition coefficient (Wildman–Crippen LogP) is 3.64. The molecule has 2 aromatic rings. The maximum atomic E-state index is 12.0. The van der Waals surface area contributed by atoms with E-state index in [4.69, 9.17) is 4.42 Å². The van der Waals surface area contributed by atoms with Crippen LogP contribution >= 0.6 is 0 Å². The molecule has 0 saturated carbocycles. The zero-order valence-corrected chi connectivity index (χ0v) is 7.76. The van der Waals surface area contributed by atoms with Gasteiger partial charge in [0.15, 0.2) is 0 Å². The maximum absolute atomic E-state index is 12.0. The molecule has 80 valence electrons. The van der Waals surface area contributed by atoms with Crippen molar-refractivity contribution in [3.05, 3.63) is 30.0 Å². The van der Waals surface area contributed by atoms with E-state index in [1.807, 2.05) is 0 Å². The zero-order chi connectivity index (χ0) is 11.1. The summed E-state index contributed by atoms with van der Waals surface area (Å²) in [5.41, 5.74) is 0.384. The van der Waals surface area contributed by atoms with Gasteiger partial charge in [-0.15, -0.1) is 13.2 Å². The SMILES string of the molecule is Cc1cc2c(OC(F)(F)F)cccc2o1. The van der Waals surface area contributed by atoms with E-state index in [-0.39, 0.29) is 5.75 Å². The third kappa shape index (κ3) is 2.06. The van der Waals surface area contributed by atoms with E-state index >= 15 is 0 Å². The second-order valence-electron chi connectivity index (χ2n) is 3.07. The van der Waals surface area contributed by atoms with Crippen LogP contribution in [0.4, 0.5) is 13.2 Å². The first-order chi connectivity index (χ1) is 6.96. The quantitative estimate of drug-likeness (QED) is 0.726. The van der Waals surface area contributed by atoms with Crippen LogP contribution in [0.5, 0.6) is 5.75 Å². The first kappa shape index (κ1) is 9.89. The van der Waals surface area contributed by atoms with Gasteiger partial charge >= 0.3 is 6.36 Å².